The van der Waals surface area contributed by atoms with Crippen molar-refractivity contribution in [2.75, 3.05) is 11.6 Å². The number of cyclic esters (lactones) is 1. The number of anilines is 1. The molecule has 11 heteroatoms. The molecule has 0 bridgehead atoms. The summed E-state index contributed by atoms with van der Waals surface area (Å²) in [5, 5.41) is 31.6. The number of sulfonamides is 1. The maximum atomic E-state index is 13.6. The van der Waals surface area contributed by atoms with Gasteiger partial charge in [0.25, 0.3) is 10.0 Å². The Morgan fingerprint density at radius 1 is 1.09 bits per heavy atom. The number of hydrazine groups is 1. The molecule has 46 heavy (non-hydrogen) atoms. The predicted octanol–water partition coefficient (Wildman–Crippen LogP) is 6.65. The van der Waals surface area contributed by atoms with Crippen molar-refractivity contribution in [2.45, 2.75) is 81.1 Å². The number of fused-ring (bicyclic) bond motifs is 1. The van der Waals surface area contributed by atoms with Crippen LogP contribution in [-0.2, 0) is 37.8 Å². The van der Waals surface area contributed by atoms with E-state index in [1.54, 1.807) is 17.1 Å². The summed E-state index contributed by atoms with van der Waals surface area (Å²) in [7, 11) is -3.90. The van der Waals surface area contributed by atoms with Crippen LogP contribution in [0.2, 0.25) is 0 Å². The largest absolute Gasteiger partial charge is 0.511 e. The number of nitriles is 1. The van der Waals surface area contributed by atoms with Gasteiger partial charge in [-0.1, -0.05) is 58.5 Å². The highest BCUT2D eigenvalue weighted by molar-refractivity contribution is 8.04. The number of benzene rings is 3. The number of ether oxygens (including phenoxy) is 1. The van der Waals surface area contributed by atoms with Gasteiger partial charge in [-0.05, 0) is 95.8 Å². The highest BCUT2D eigenvalue weighted by atomic mass is 32.2. The minimum absolute atomic E-state index is 0.00202. The molecule has 0 aromatic heterocycles. The molecule has 2 aliphatic heterocycles. The Labute approximate surface area is 274 Å². The first kappa shape index (κ1) is 33.4. The molecule has 1 atom stereocenters. The number of aliphatic hydroxyl groups is 1. The Morgan fingerprint density at radius 3 is 2.35 bits per heavy atom. The van der Waals surface area contributed by atoms with E-state index in [4.69, 9.17) is 10.00 Å². The number of nitrogens with one attached hydrogen (secondary N) is 1. The van der Waals surface area contributed by atoms with E-state index >= 15 is 0 Å². The Bertz CT molecular complexity index is 1820. The molecule has 3 N–H and O–H groups in total. The second-order valence-corrected chi connectivity index (χ2v) is 15.9. The van der Waals surface area contributed by atoms with Crippen LogP contribution in [0.15, 0.2) is 81.1 Å². The molecule has 0 amide bonds. The number of carbonyl (C=O) groups excluding carboxylic acids is 1. The van der Waals surface area contributed by atoms with Gasteiger partial charge in [0.2, 0.25) is 0 Å². The first-order valence-electron chi connectivity index (χ1n) is 15.2. The average Bonchev–Trinajstić information content (AvgIpc) is 3.38. The fourth-order valence-electron chi connectivity index (χ4n) is 5.81. The summed E-state index contributed by atoms with van der Waals surface area (Å²) in [6, 6.07) is 18.6. The number of aryl methyl sites for hydroxylation is 1. The normalized spacial score (nSPS) is 18.5. The maximum absolute atomic E-state index is 13.6. The number of nitrogens with zero attached hydrogens (tertiary/aromatic N) is 2. The molecule has 0 spiro atoms. The highest BCUT2D eigenvalue weighted by Gasteiger charge is 2.45. The van der Waals surface area contributed by atoms with Crippen molar-refractivity contribution < 1.29 is 28.2 Å². The molecule has 0 aliphatic carbocycles. The standard InChI is InChI=1S/C35H39N3O6S2/c1-22(2)35(16-14-23-6-10-26(39)11-7-23)20-30(40)32(33(41)44-35)45-31-18-25-15-17-38(29(25)19-28(31)34(3,4)5)37-46(42,43)27-12-8-24(21-36)9-13-27/h6-13,18-19,22,37,39-40H,14-17,20H2,1-5H3/t35-/m0/s1. The molecular formula is C35H39N3O6S2. The molecule has 242 valence electrons. The summed E-state index contributed by atoms with van der Waals surface area (Å²) in [6.07, 6.45) is 1.90. The lowest BCUT2D eigenvalue weighted by atomic mass is 9.80. The van der Waals surface area contributed by atoms with Crippen LogP contribution >= 0.6 is 11.8 Å². The van der Waals surface area contributed by atoms with E-state index in [-0.39, 0.29) is 39.1 Å². The third-order valence-electron chi connectivity index (χ3n) is 8.66. The van der Waals surface area contributed by atoms with Crippen LogP contribution in [0.1, 0.15) is 69.7 Å². The zero-order valence-electron chi connectivity index (χ0n) is 26.6. The van der Waals surface area contributed by atoms with Gasteiger partial charge in [-0.2, -0.15) is 5.26 Å². The summed E-state index contributed by atoms with van der Waals surface area (Å²) in [5.74, 6) is -0.429. The van der Waals surface area contributed by atoms with Gasteiger partial charge in [0, 0.05) is 17.9 Å². The molecule has 0 saturated carbocycles. The Morgan fingerprint density at radius 2 is 1.76 bits per heavy atom. The number of esters is 1. The summed E-state index contributed by atoms with van der Waals surface area (Å²) in [5.41, 5.74) is 2.65. The number of hydrogen-bond donors (Lipinski definition) is 3. The zero-order chi connectivity index (χ0) is 33.4. The average molecular weight is 662 g/mol. The van der Waals surface area contributed by atoms with Gasteiger partial charge in [-0.15, -0.1) is 4.83 Å². The fraction of sp³-hybridized carbons (Fsp3) is 0.371. The van der Waals surface area contributed by atoms with Gasteiger partial charge >= 0.3 is 5.97 Å². The Balaban J connectivity index is 1.41. The van der Waals surface area contributed by atoms with Gasteiger partial charge in [-0.3, -0.25) is 5.01 Å². The fourth-order valence-corrected chi connectivity index (χ4v) is 8.10. The second kappa shape index (κ2) is 12.7. The third kappa shape index (κ3) is 6.89. The molecule has 3 aromatic carbocycles. The van der Waals surface area contributed by atoms with E-state index in [0.29, 0.717) is 31.4 Å². The minimum Gasteiger partial charge on any atom is -0.511 e. The first-order valence-corrected chi connectivity index (χ1v) is 17.5. The Hall–Kier alpha value is -3.98. The molecule has 0 unspecified atom stereocenters. The molecular weight excluding hydrogens is 623 g/mol. The van der Waals surface area contributed by atoms with E-state index < -0.39 is 21.6 Å². The van der Waals surface area contributed by atoms with E-state index in [2.05, 4.69) is 4.83 Å². The van der Waals surface area contributed by atoms with Crippen LogP contribution in [0, 0.1) is 17.2 Å². The second-order valence-electron chi connectivity index (χ2n) is 13.2. The number of phenols is 1. The van der Waals surface area contributed by atoms with Crippen LogP contribution in [0.5, 0.6) is 5.75 Å². The van der Waals surface area contributed by atoms with Crippen molar-refractivity contribution in [3.8, 4) is 11.8 Å². The van der Waals surface area contributed by atoms with Gasteiger partial charge in [0.15, 0.2) is 0 Å². The number of carbonyl (C=O) groups is 1. The monoisotopic (exact) mass is 661 g/mol. The van der Waals surface area contributed by atoms with Crippen molar-refractivity contribution in [1.29, 1.82) is 5.26 Å². The van der Waals surface area contributed by atoms with E-state index in [1.165, 1.54) is 36.0 Å². The number of phenolic OH excluding ortho intramolecular Hbond substituents is 1. The summed E-state index contributed by atoms with van der Waals surface area (Å²) in [4.78, 5) is 17.3. The van der Waals surface area contributed by atoms with Gasteiger partial charge in [-0.25, -0.2) is 13.2 Å². The van der Waals surface area contributed by atoms with E-state index in [1.807, 2.05) is 65.0 Å². The number of rotatable bonds is 9. The molecule has 0 saturated heterocycles. The van der Waals surface area contributed by atoms with Crippen LogP contribution in [-0.4, -0.2) is 36.7 Å². The quantitative estimate of drug-likeness (QED) is 0.215. The van der Waals surface area contributed by atoms with Crippen LogP contribution < -0.4 is 9.84 Å². The lowest BCUT2D eigenvalue weighted by Gasteiger charge is -2.40. The van der Waals surface area contributed by atoms with Gasteiger partial charge in [0.1, 0.15) is 22.0 Å². The lowest BCUT2D eigenvalue weighted by molar-refractivity contribution is -0.164. The van der Waals surface area contributed by atoms with Gasteiger partial charge in [0.05, 0.1) is 22.2 Å². The van der Waals surface area contributed by atoms with Crippen LogP contribution in [0.25, 0.3) is 0 Å². The van der Waals surface area contributed by atoms with Gasteiger partial charge < -0.3 is 14.9 Å². The molecule has 2 heterocycles. The maximum Gasteiger partial charge on any atom is 0.349 e. The molecule has 0 fully saturated rings. The van der Waals surface area contributed by atoms with E-state index in [0.717, 1.165) is 27.3 Å². The summed E-state index contributed by atoms with van der Waals surface area (Å²) >= 11 is 1.19. The number of aliphatic hydroxyl groups excluding tert-OH is 1. The first-order chi connectivity index (χ1) is 21.6. The minimum atomic E-state index is -3.90. The number of hydrogen-bond acceptors (Lipinski definition) is 9. The topological polar surface area (TPSA) is 140 Å². The Kier molecular flexibility index (Phi) is 9.19. The molecule has 5 rings (SSSR count). The van der Waals surface area contributed by atoms with Crippen LogP contribution in [0.3, 0.4) is 0 Å². The molecule has 2 aliphatic rings. The molecule has 3 aromatic rings. The SMILES string of the molecule is CC(C)[C@]1(CCc2ccc(O)cc2)CC(O)=C(Sc2cc3c(cc2C(C)(C)C)N(NS(=O)(=O)c2ccc(C#N)cc2)CC3)C(=O)O1. The predicted molar refractivity (Wildman–Crippen MR) is 178 cm³/mol. The van der Waals surface area contributed by atoms with Crippen molar-refractivity contribution in [3.05, 3.63) is 93.6 Å². The number of aromatic hydroxyl groups is 1. The van der Waals surface area contributed by atoms with Crippen molar-refractivity contribution in [1.82, 2.24) is 4.83 Å². The smallest absolute Gasteiger partial charge is 0.349 e. The van der Waals surface area contributed by atoms with Crippen LogP contribution in [0.4, 0.5) is 5.69 Å². The van der Waals surface area contributed by atoms with E-state index in [9.17, 15) is 23.4 Å². The zero-order valence-corrected chi connectivity index (χ0v) is 28.3. The third-order valence-corrected chi connectivity index (χ3v) is 11.2. The molecule has 9 nitrogen and oxygen atoms in total. The lowest BCUT2D eigenvalue weighted by Crippen LogP contribution is -2.44. The van der Waals surface area contributed by atoms with Crippen molar-refractivity contribution >= 4 is 33.4 Å². The summed E-state index contributed by atoms with van der Waals surface area (Å²) < 4.78 is 32.5. The highest BCUT2D eigenvalue weighted by Crippen LogP contribution is 2.47. The number of thioether (sulfide) groups is 1. The summed E-state index contributed by atoms with van der Waals surface area (Å²) in [6.45, 7) is 10.5. The van der Waals surface area contributed by atoms with Crippen molar-refractivity contribution in [2.24, 2.45) is 5.92 Å². The van der Waals surface area contributed by atoms with Crippen molar-refractivity contribution in [3.63, 3.8) is 0 Å². The molecule has 0 radical (unpaired) electrons.